The lowest BCUT2D eigenvalue weighted by Crippen LogP contribution is -2.60. The van der Waals surface area contributed by atoms with Crippen molar-refractivity contribution in [1.29, 1.82) is 0 Å². The number of amides is 1. The summed E-state index contributed by atoms with van der Waals surface area (Å²) in [6.07, 6.45) is 6.35. The van der Waals surface area contributed by atoms with Crippen molar-refractivity contribution < 1.29 is 9.53 Å². The van der Waals surface area contributed by atoms with E-state index in [1.54, 1.807) is 0 Å². The smallest absolute Gasteiger partial charge is 0.251 e. The number of rotatable bonds is 6. The Balaban J connectivity index is 1.57. The molecule has 0 aromatic heterocycles. The van der Waals surface area contributed by atoms with Gasteiger partial charge in [-0.15, -0.1) is 0 Å². The van der Waals surface area contributed by atoms with Crippen LogP contribution < -0.4 is 16.0 Å². The van der Waals surface area contributed by atoms with Crippen molar-refractivity contribution in [2.24, 2.45) is 4.99 Å². The Hall–Kier alpha value is -2.12. The minimum absolute atomic E-state index is 0.0494. The van der Waals surface area contributed by atoms with Gasteiger partial charge in [0.1, 0.15) is 0 Å². The minimum atomic E-state index is -0.257. The van der Waals surface area contributed by atoms with E-state index >= 15 is 0 Å². The number of carbonyl (C=O) groups is 1. The third kappa shape index (κ3) is 6.94. The predicted octanol–water partition coefficient (Wildman–Crippen LogP) is 2.92. The van der Waals surface area contributed by atoms with Crippen LogP contribution in [-0.4, -0.2) is 67.7 Å². The number of ether oxygens (including phenoxy) is 1. The van der Waals surface area contributed by atoms with Crippen LogP contribution in [0.1, 0.15) is 68.8 Å². The zero-order chi connectivity index (χ0) is 23.0. The van der Waals surface area contributed by atoms with Crippen molar-refractivity contribution in [3.05, 3.63) is 35.4 Å². The molecule has 1 aliphatic heterocycles. The second-order valence-corrected chi connectivity index (χ2v) is 10.1. The molecular weight excluding hydrogens is 402 g/mol. The molecule has 1 aliphatic carbocycles. The molecule has 0 atom stereocenters. The highest BCUT2D eigenvalue weighted by Crippen LogP contribution is 2.33. The Labute approximate surface area is 193 Å². The summed E-state index contributed by atoms with van der Waals surface area (Å²) in [6, 6.07) is 7.76. The van der Waals surface area contributed by atoms with E-state index in [4.69, 9.17) is 4.74 Å². The zero-order valence-electron chi connectivity index (χ0n) is 20.3. The van der Waals surface area contributed by atoms with Gasteiger partial charge in [0.25, 0.3) is 5.91 Å². The quantitative estimate of drug-likeness (QED) is 0.465. The number of nitrogens with one attached hydrogen (secondary N) is 3. The standard InChI is InChI=1S/C25H41N5O2/c1-24(2,3)29-22(31)21-10-8-9-20(17-21)18-27-23(26-4)28-19-25(11-6-5-7-12-25)30-13-15-32-16-14-30/h8-10,17H,5-7,11-16,18-19H2,1-4H3,(H,29,31)(H2,26,27,28). The van der Waals surface area contributed by atoms with E-state index in [9.17, 15) is 4.79 Å². The van der Waals surface area contributed by atoms with Crippen molar-refractivity contribution in [2.75, 3.05) is 39.9 Å². The monoisotopic (exact) mass is 443 g/mol. The number of guanidine groups is 1. The summed E-state index contributed by atoms with van der Waals surface area (Å²) in [6.45, 7) is 11.1. The van der Waals surface area contributed by atoms with Crippen LogP contribution in [0.2, 0.25) is 0 Å². The molecule has 0 unspecified atom stereocenters. The first-order chi connectivity index (χ1) is 15.3. The maximum atomic E-state index is 12.5. The summed E-state index contributed by atoms with van der Waals surface area (Å²) < 4.78 is 5.60. The molecule has 7 heteroatoms. The molecule has 1 saturated heterocycles. The number of aliphatic imine (C=N–C) groups is 1. The molecule has 2 fully saturated rings. The van der Waals surface area contributed by atoms with E-state index in [-0.39, 0.29) is 17.0 Å². The Bertz CT molecular complexity index is 775. The largest absolute Gasteiger partial charge is 0.379 e. The number of morpholine rings is 1. The van der Waals surface area contributed by atoms with Crippen LogP contribution in [0.5, 0.6) is 0 Å². The Morgan fingerprint density at radius 1 is 1.12 bits per heavy atom. The summed E-state index contributed by atoms with van der Waals surface area (Å²) in [5.74, 6) is 0.749. The van der Waals surface area contributed by atoms with E-state index in [2.05, 4.69) is 25.8 Å². The lowest BCUT2D eigenvalue weighted by Gasteiger charge is -2.48. The second kappa shape index (κ2) is 11.1. The maximum Gasteiger partial charge on any atom is 0.251 e. The van der Waals surface area contributed by atoms with Crippen LogP contribution in [0.4, 0.5) is 0 Å². The van der Waals surface area contributed by atoms with Gasteiger partial charge in [0.15, 0.2) is 5.96 Å². The van der Waals surface area contributed by atoms with E-state index in [0.717, 1.165) is 44.4 Å². The van der Waals surface area contributed by atoms with Crippen molar-refractivity contribution >= 4 is 11.9 Å². The number of hydrogen-bond donors (Lipinski definition) is 3. The van der Waals surface area contributed by atoms with E-state index < -0.39 is 0 Å². The maximum absolute atomic E-state index is 12.5. The van der Waals surface area contributed by atoms with Crippen molar-refractivity contribution in [1.82, 2.24) is 20.9 Å². The van der Waals surface area contributed by atoms with Gasteiger partial charge in [-0.1, -0.05) is 31.4 Å². The predicted molar refractivity (Wildman–Crippen MR) is 130 cm³/mol. The normalized spacial score (nSPS) is 19.9. The van der Waals surface area contributed by atoms with Gasteiger partial charge in [-0.25, -0.2) is 0 Å². The lowest BCUT2D eigenvalue weighted by molar-refractivity contribution is -0.0352. The first-order valence-corrected chi connectivity index (χ1v) is 12.0. The zero-order valence-corrected chi connectivity index (χ0v) is 20.3. The van der Waals surface area contributed by atoms with Crippen molar-refractivity contribution in [3.63, 3.8) is 0 Å². The molecule has 0 spiro atoms. The van der Waals surface area contributed by atoms with Crippen molar-refractivity contribution in [3.8, 4) is 0 Å². The topological polar surface area (TPSA) is 78.0 Å². The summed E-state index contributed by atoms with van der Waals surface area (Å²) in [4.78, 5) is 19.6. The highest BCUT2D eigenvalue weighted by Gasteiger charge is 2.38. The molecule has 1 aromatic carbocycles. The van der Waals surface area contributed by atoms with Crippen LogP contribution in [0, 0.1) is 0 Å². The van der Waals surface area contributed by atoms with Gasteiger partial charge in [-0.05, 0) is 51.3 Å². The van der Waals surface area contributed by atoms with Gasteiger partial charge in [-0.3, -0.25) is 14.7 Å². The molecule has 1 aromatic rings. The minimum Gasteiger partial charge on any atom is -0.379 e. The Morgan fingerprint density at radius 3 is 2.50 bits per heavy atom. The van der Waals surface area contributed by atoms with Crippen molar-refractivity contribution in [2.45, 2.75) is 70.5 Å². The number of hydrogen-bond acceptors (Lipinski definition) is 4. The molecule has 3 N–H and O–H groups in total. The fraction of sp³-hybridized carbons (Fsp3) is 0.680. The fourth-order valence-corrected chi connectivity index (χ4v) is 4.74. The number of benzene rings is 1. The third-order valence-corrected chi connectivity index (χ3v) is 6.41. The molecular formula is C25H41N5O2. The Morgan fingerprint density at radius 2 is 1.84 bits per heavy atom. The van der Waals surface area contributed by atoms with Crippen LogP contribution >= 0.6 is 0 Å². The van der Waals surface area contributed by atoms with E-state index in [0.29, 0.717) is 12.1 Å². The second-order valence-electron chi connectivity index (χ2n) is 10.1. The van der Waals surface area contributed by atoms with E-state index in [1.807, 2.05) is 52.1 Å². The highest BCUT2D eigenvalue weighted by molar-refractivity contribution is 5.94. The average Bonchev–Trinajstić information content (AvgIpc) is 2.79. The molecule has 3 rings (SSSR count). The molecule has 0 bridgehead atoms. The molecule has 1 saturated carbocycles. The number of nitrogens with zero attached hydrogens (tertiary/aromatic N) is 2. The van der Waals surface area contributed by atoms with Gasteiger partial charge >= 0.3 is 0 Å². The number of carbonyl (C=O) groups excluding carboxylic acids is 1. The molecule has 2 aliphatic rings. The Kier molecular flexibility index (Phi) is 8.54. The van der Waals surface area contributed by atoms with Crippen LogP contribution in [-0.2, 0) is 11.3 Å². The molecule has 1 amide bonds. The molecule has 0 radical (unpaired) electrons. The first kappa shape index (κ1) is 24.5. The van der Waals surface area contributed by atoms with E-state index in [1.165, 1.54) is 32.1 Å². The summed E-state index contributed by atoms with van der Waals surface area (Å²) >= 11 is 0. The lowest BCUT2D eigenvalue weighted by atomic mass is 9.80. The van der Waals surface area contributed by atoms with Crippen LogP contribution in [0.25, 0.3) is 0 Å². The van der Waals surface area contributed by atoms with Gasteiger partial charge in [0.2, 0.25) is 0 Å². The third-order valence-electron chi connectivity index (χ3n) is 6.41. The van der Waals surface area contributed by atoms with Crippen LogP contribution in [0.15, 0.2) is 29.3 Å². The molecule has 7 nitrogen and oxygen atoms in total. The first-order valence-electron chi connectivity index (χ1n) is 12.0. The van der Waals surface area contributed by atoms with Gasteiger partial charge in [0, 0.05) is 49.9 Å². The van der Waals surface area contributed by atoms with Gasteiger partial charge in [-0.2, -0.15) is 0 Å². The summed E-state index contributed by atoms with van der Waals surface area (Å²) in [7, 11) is 1.81. The SMILES string of the molecule is CN=C(NCc1cccc(C(=O)NC(C)(C)C)c1)NCC1(N2CCOCC2)CCCCC1. The molecule has 178 valence electrons. The van der Waals surface area contributed by atoms with Gasteiger partial charge < -0.3 is 20.7 Å². The van der Waals surface area contributed by atoms with Crippen LogP contribution in [0.3, 0.4) is 0 Å². The molecule has 1 heterocycles. The summed E-state index contributed by atoms with van der Waals surface area (Å²) in [5, 5.41) is 10.0. The van der Waals surface area contributed by atoms with Gasteiger partial charge in [0.05, 0.1) is 13.2 Å². The average molecular weight is 444 g/mol. The molecule has 32 heavy (non-hydrogen) atoms. The summed E-state index contributed by atoms with van der Waals surface area (Å²) in [5.41, 5.74) is 1.66. The fourth-order valence-electron chi connectivity index (χ4n) is 4.74. The highest BCUT2D eigenvalue weighted by atomic mass is 16.5.